The number of carbonyl (C=O) groups is 8. The first-order chi connectivity index (χ1) is 44.9. The van der Waals surface area contributed by atoms with Crippen molar-refractivity contribution >= 4 is 115 Å². The van der Waals surface area contributed by atoms with Crippen LogP contribution in [0.3, 0.4) is 0 Å². The van der Waals surface area contributed by atoms with Gasteiger partial charge in [-0.05, 0) is 184 Å². The predicted octanol–water partition coefficient (Wildman–Crippen LogP) is 8.93. The molecule has 576 valence electrons. The SMILES string of the molecule is CC(=O)CCCCC(=O)NCC[N+]1(CCNC(=O)CCCCC(C)=O)CC(O)C1.CCC.COC[Si](C)(O[Si](C)(C)O)O[Si](C)(C)O[Si](C)(C)C.COC[Si](C)(O[Si](C)(C)OC1C[N+](CCNC(=O)CCCCC(C)=O)(CCNC(=O)CCCCC(C)=O)C1)O[Si](C)(C)O[Si](C)(C)C. The van der Waals surface area contributed by atoms with E-state index in [0.29, 0.717) is 133 Å². The van der Waals surface area contributed by atoms with Gasteiger partial charge < -0.3 is 97.9 Å². The molecule has 0 spiro atoms. The van der Waals surface area contributed by atoms with E-state index in [2.05, 4.69) is 101 Å². The average molecular weight is 1540 g/mol. The summed E-state index contributed by atoms with van der Waals surface area (Å²) in [6, 6.07) is 0. The molecule has 25 nitrogen and oxygen atoms in total. The second-order valence-corrected chi connectivity index (χ2v) is 61.1. The van der Waals surface area contributed by atoms with Gasteiger partial charge in [-0.2, -0.15) is 0 Å². The van der Waals surface area contributed by atoms with Gasteiger partial charge in [-0.15, -0.1) is 0 Å². The number of ether oxygens (including phenoxy) is 2. The van der Waals surface area contributed by atoms with Crippen LogP contribution in [0.25, 0.3) is 0 Å². The van der Waals surface area contributed by atoms with Crippen molar-refractivity contribution in [1.29, 1.82) is 0 Å². The average Bonchev–Trinajstić information content (AvgIpc) is 0.785. The molecule has 0 aromatic carbocycles. The highest BCUT2D eigenvalue weighted by Crippen LogP contribution is 2.30. The zero-order valence-corrected chi connectivity index (χ0v) is 73.8. The van der Waals surface area contributed by atoms with Crippen LogP contribution < -0.4 is 21.3 Å². The van der Waals surface area contributed by atoms with Crippen molar-refractivity contribution in [3.8, 4) is 0 Å². The van der Waals surface area contributed by atoms with Gasteiger partial charge in [0.2, 0.25) is 23.6 Å². The molecule has 0 aliphatic carbocycles. The lowest BCUT2D eigenvalue weighted by atomic mass is 10.1. The standard InChI is InChI=1S/C31H65N3O9Si4.C21H37N3O5.C10H30O5Si4.C3H8/c1-27(35)16-12-14-18-30(37)32-20-22-34(23-21-33-31(38)19-15-13-17-28(2)36)24-29(25-34)40-45(7,8)42-47(11,26-39-3)43-46(9,10)41-44(4,5)6;1-17(25)7-3-5-9-20(28)22-11-13-24(15-19(27)16-24)14-12-23-21(29)10-6-4-8-18(2)26;1-12-10-19(9,14-17(5,6)11)15-18(7,8)13-16(2,3)4;1-3-2/h29H,12-26H2,1-11H3,(H-,32,33,37,38);19,27H,3-16H2,1-2H3,(H-,22,23,28,29);11H,10H2,1-9H3;3H2,1-2H3/p+2. The predicted molar refractivity (Wildman–Crippen MR) is 407 cm³/mol. The van der Waals surface area contributed by atoms with Crippen LogP contribution in [-0.4, -0.2) is 251 Å². The van der Waals surface area contributed by atoms with Crippen LogP contribution >= 0.6 is 0 Å². The van der Waals surface area contributed by atoms with E-state index < -0.39 is 68.0 Å². The highest BCUT2D eigenvalue weighted by Gasteiger charge is 2.52. The second-order valence-electron chi connectivity index (χ2n) is 31.1. The second kappa shape index (κ2) is 48.0. The number of unbranched alkanes of at least 4 members (excludes halogenated alkanes) is 4. The first kappa shape index (κ1) is 97.8. The van der Waals surface area contributed by atoms with Crippen molar-refractivity contribution < 1.29 is 95.8 Å². The van der Waals surface area contributed by atoms with Gasteiger partial charge in [0.15, 0.2) is 22.7 Å². The molecule has 4 amide bonds. The van der Waals surface area contributed by atoms with E-state index in [1.165, 1.54) is 6.42 Å². The molecular formula is C65H142N6O19Si8+2. The first-order valence-electron chi connectivity index (χ1n) is 35.9. The van der Waals surface area contributed by atoms with Gasteiger partial charge in [-0.1, -0.05) is 20.3 Å². The van der Waals surface area contributed by atoms with Gasteiger partial charge in [0, 0.05) is 65.6 Å². The van der Waals surface area contributed by atoms with Crippen molar-refractivity contribution in [3.63, 3.8) is 0 Å². The van der Waals surface area contributed by atoms with E-state index in [4.69, 9.17) is 38.6 Å². The maximum absolute atomic E-state index is 12.4. The summed E-state index contributed by atoms with van der Waals surface area (Å²) < 4.78 is 57.0. The van der Waals surface area contributed by atoms with Crippen molar-refractivity contribution in [2.45, 2.75) is 268 Å². The van der Waals surface area contributed by atoms with Crippen LogP contribution in [0.5, 0.6) is 0 Å². The van der Waals surface area contributed by atoms with E-state index in [0.717, 1.165) is 69.4 Å². The molecule has 2 unspecified atom stereocenters. The van der Waals surface area contributed by atoms with Gasteiger partial charge >= 0.3 is 51.4 Å². The lowest BCUT2D eigenvalue weighted by Gasteiger charge is -2.52. The molecule has 2 heterocycles. The number of methoxy groups -OCH3 is 2. The summed E-state index contributed by atoms with van der Waals surface area (Å²) in [6.45, 7) is 51.0. The Labute approximate surface area is 601 Å². The molecule has 6 N–H and O–H groups in total. The number of hydrogen-bond acceptors (Lipinski definition) is 19. The summed E-state index contributed by atoms with van der Waals surface area (Å²) in [4.78, 5) is 103. The van der Waals surface area contributed by atoms with E-state index in [1.807, 2.05) is 26.2 Å². The van der Waals surface area contributed by atoms with Crippen molar-refractivity contribution in [2.24, 2.45) is 0 Å². The smallest absolute Gasteiger partial charge is 0.344 e. The van der Waals surface area contributed by atoms with Crippen LogP contribution in [0.2, 0.25) is 105 Å². The Morgan fingerprint density at radius 3 is 0.867 bits per heavy atom. The van der Waals surface area contributed by atoms with Crippen LogP contribution in [0, 0.1) is 0 Å². The number of aliphatic hydroxyl groups excluding tert-OH is 1. The molecule has 0 radical (unpaired) electrons. The van der Waals surface area contributed by atoms with Gasteiger partial charge in [-0.25, -0.2) is 0 Å². The number of hydrogen-bond donors (Lipinski definition) is 6. The number of Topliss-reactive ketones (excluding diaryl/α,β-unsaturated/α-hetero) is 4. The molecule has 2 aliphatic heterocycles. The Bertz CT molecular complexity index is 2270. The fourth-order valence-electron chi connectivity index (χ4n) is 12.1. The molecule has 2 rings (SSSR count). The van der Waals surface area contributed by atoms with E-state index >= 15 is 0 Å². The Balaban J connectivity index is 0. The number of ketones is 4. The molecule has 2 aliphatic rings. The third-order valence-electron chi connectivity index (χ3n) is 15.0. The Morgan fingerprint density at radius 1 is 0.388 bits per heavy atom. The topological polar surface area (TPSA) is 308 Å². The van der Waals surface area contributed by atoms with Crippen LogP contribution in [0.1, 0.15) is 151 Å². The highest BCUT2D eigenvalue weighted by molar-refractivity contribution is 6.89. The highest BCUT2D eigenvalue weighted by atomic mass is 28.5. The molecule has 2 saturated heterocycles. The molecule has 0 aromatic rings. The number of nitrogens with one attached hydrogen (secondary N) is 4. The maximum atomic E-state index is 12.4. The molecule has 0 bridgehead atoms. The van der Waals surface area contributed by atoms with Crippen LogP contribution in [0.15, 0.2) is 0 Å². The third-order valence-corrected chi connectivity index (χ3v) is 41.1. The number of quaternary nitrogens is 2. The largest absolute Gasteiger partial charge is 0.437 e. The minimum Gasteiger partial charge on any atom is -0.437 e. The van der Waals surface area contributed by atoms with E-state index in [9.17, 15) is 48.3 Å². The maximum Gasteiger partial charge on any atom is 0.344 e. The van der Waals surface area contributed by atoms with Gasteiger partial charge in [-0.3, -0.25) is 19.2 Å². The Morgan fingerprint density at radius 2 is 0.633 bits per heavy atom. The normalized spacial score (nSPS) is 16.1. The van der Waals surface area contributed by atoms with Crippen LogP contribution in [-0.2, 0) is 76.9 Å². The fourth-order valence-corrected chi connectivity index (χ4v) is 45.9. The summed E-state index contributed by atoms with van der Waals surface area (Å²) in [5, 5.41) is 21.6. The molecule has 33 heteroatoms. The number of carbonyl (C=O) groups excluding carboxylic acids is 8. The zero-order valence-electron chi connectivity index (χ0n) is 65.8. The molecule has 0 aromatic heterocycles. The first-order valence-corrected chi connectivity index (χ1v) is 59.1. The van der Waals surface area contributed by atoms with Crippen molar-refractivity contribution in [3.05, 3.63) is 0 Å². The monoisotopic (exact) mass is 1530 g/mol. The molecule has 2 fully saturated rings. The third kappa shape index (κ3) is 53.5. The minimum absolute atomic E-state index is 0.00667. The minimum atomic E-state index is -2.78. The molecule has 0 saturated carbocycles. The zero-order chi connectivity index (χ0) is 75.9. The quantitative estimate of drug-likeness (QED) is 0.0188. The summed E-state index contributed by atoms with van der Waals surface area (Å²) in [5.74, 6) is 0.559. The van der Waals surface area contributed by atoms with Gasteiger partial charge in [0.25, 0.3) is 0 Å². The summed E-state index contributed by atoms with van der Waals surface area (Å²) in [7, 11) is -15.6. The number of likely N-dealkylation sites (tertiary alicyclic amines) is 2. The molecular weight excluding hydrogens is 1390 g/mol. The van der Waals surface area contributed by atoms with Crippen molar-refractivity contribution in [2.75, 3.05) is 105 Å². The Hall–Kier alpha value is -2.22. The fraction of sp³-hybridized carbons (Fsp3) is 0.877. The Kier molecular flexibility index (Phi) is 47.9. The van der Waals surface area contributed by atoms with Crippen molar-refractivity contribution in [1.82, 2.24) is 21.3 Å². The summed E-state index contributed by atoms with van der Waals surface area (Å²) >= 11 is 0. The van der Waals surface area contributed by atoms with Crippen LogP contribution in [0.4, 0.5) is 0 Å². The van der Waals surface area contributed by atoms with Gasteiger partial charge in [0.05, 0.1) is 64.8 Å². The molecule has 2 atom stereocenters. The number of nitrogens with zero attached hydrogens (tertiary/aromatic N) is 2. The lowest BCUT2D eigenvalue weighted by molar-refractivity contribution is -0.970. The lowest BCUT2D eigenvalue weighted by Crippen LogP contribution is -2.72. The summed E-state index contributed by atoms with van der Waals surface area (Å²) in [6.07, 6.45) is 11.2. The number of aliphatic hydroxyl groups is 1. The number of rotatable bonds is 50. The summed E-state index contributed by atoms with van der Waals surface area (Å²) in [5.41, 5.74) is 0. The van der Waals surface area contributed by atoms with Gasteiger partial charge in [0.1, 0.15) is 55.4 Å². The molecule has 98 heavy (non-hydrogen) atoms. The number of amides is 4. The van der Waals surface area contributed by atoms with E-state index in [-0.39, 0.29) is 59.0 Å². The van der Waals surface area contributed by atoms with E-state index in [1.54, 1.807) is 55.0 Å².